The van der Waals surface area contributed by atoms with Crippen molar-refractivity contribution in [2.75, 3.05) is 6.54 Å². The lowest BCUT2D eigenvalue weighted by atomic mass is 10.1. The van der Waals surface area contributed by atoms with Gasteiger partial charge in [0.2, 0.25) is 0 Å². The molecule has 19 heavy (non-hydrogen) atoms. The Bertz CT molecular complexity index is 495. The zero-order valence-electron chi connectivity index (χ0n) is 10.9. The highest BCUT2D eigenvalue weighted by molar-refractivity contribution is 6.30. The minimum atomic E-state index is -0.660. The van der Waals surface area contributed by atoms with E-state index in [0.717, 1.165) is 5.56 Å². The van der Waals surface area contributed by atoms with Crippen LogP contribution in [0.15, 0.2) is 18.2 Å². The zero-order chi connectivity index (χ0) is 14.4. The molecule has 1 aromatic rings. The van der Waals surface area contributed by atoms with Crippen LogP contribution < -0.4 is 15.8 Å². The van der Waals surface area contributed by atoms with Crippen molar-refractivity contribution < 1.29 is 9.53 Å². The fourth-order valence-electron chi connectivity index (χ4n) is 1.51. The maximum Gasteiger partial charge on any atom is 0.261 e. The van der Waals surface area contributed by atoms with Crippen LogP contribution in [0.25, 0.3) is 0 Å². The standard InChI is InChI=1S/C14H17ClN2O2/c1-4-7-17-14(18)10(3)19-13-6-5-11(15)8-12(13)9(2)16/h1,5-6,8-10H,7,16H2,2-3H3,(H,17,18)/t9-,10?/m0/s1. The summed E-state index contributed by atoms with van der Waals surface area (Å²) in [7, 11) is 0. The Morgan fingerprint density at radius 1 is 1.58 bits per heavy atom. The molecule has 0 saturated heterocycles. The lowest BCUT2D eigenvalue weighted by Crippen LogP contribution is -2.36. The molecule has 0 aliphatic rings. The normalized spacial score (nSPS) is 13.2. The van der Waals surface area contributed by atoms with Crippen molar-refractivity contribution in [3.05, 3.63) is 28.8 Å². The van der Waals surface area contributed by atoms with E-state index in [1.54, 1.807) is 25.1 Å². The first kappa shape index (κ1) is 15.4. The number of hydrogen-bond donors (Lipinski definition) is 2. The number of rotatable bonds is 5. The molecule has 0 saturated carbocycles. The van der Waals surface area contributed by atoms with Crippen LogP contribution in [0.4, 0.5) is 0 Å². The molecule has 102 valence electrons. The third-order valence-electron chi connectivity index (χ3n) is 2.50. The molecule has 2 atom stereocenters. The lowest BCUT2D eigenvalue weighted by molar-refractivity contribution is -0.127. The van der Waals surface area contributed by atoms with Crippen molar-refractivity contribution in [2.24, 2.45) is 5.73 Å². The van der Waals surface area contributed by atoms with Crippen molar-refractivity contribution in [1.29, 1.82) is 0 Å². The van der Waals surface area contributed by atoms with Crippen LogP contribution in [0, 0.1) is 12.3 Å². The minimum Gasteiger partial charge on any atom is -0.481 e. The zero-order valence-corrected chi connectivity index (χ0v) is 11.7. The summed E-state index contributed by atoms with van der Waals surface area (Å²) < 4.78 is 5.60. The Morgan fingerprint density at radius 3 is 2.84 bits per heavy atom. The predicted molar refractivity (Wildman–Crippen MR) is 76.0 cm³/mol. The summed E-state index contributed by atoms with van der Waals surface area (Å²) in [6, 6.07) is 4.88. The second kappa shape index (κ2) is 7.03. The Morgan fingerprint density at radius 2 is 2.26 bits per heavy atom. The number of carbonyl (C=O) groups excluding carboxylic acids is 1. The molecule has 0 aliphatic carbocycles. The number of halogens is 1. The second-order valence-electron chi connectivity index (χ2n) is 4.15. The molecular formula is C14H17ClN2O2. The third-order valence-corrected chi connectivity index (χ3v) is 2.74. The Hall–Kier alpha value is -1.70. The molecule has 1 rings (SSSR count). The number of ether oxygens (including phenoxy) is 1. The van der Waals surface area contributed by atoms with E-state index in [1.807, 2.05) is 6.92 Å². The number of carbonyl (C=O) groups is 1. The molecule has 0 heterocycles. The molecule has 0 aliphatic heterocycles. The summed E-state index contributed by atoms with van der Waals surface area (Å²) in [6.07, 6.45) is 4.41. The Kier molecular flexibility index (Phi) is 5.68. The summed E-state index contributed by atoms with van der Waals surface area (Å²) in [4.78, 5) is 11.7. The first-order valence-corrected chi connectivity index (χ1v) is 6.26. The van der Waals surface area contributed by atoms with Crippen molar-refractivity contribution in [3.63, 3.8) is 0 Å². The van der Waals surface area contributed by atoms with Crippen molar-refractivity contribution in [1.82, 2.24) is 5.32 Å². The molecular weight excluding hydrogens is 264 g/mol. The minimum absolute atomic E-state index is 0.174. The fraction of sp³-hybridized carbons (Fsp3) is 0.357. The van der Waals surface area contributed by atoms with E-state index in [4.69, 9.17) is 28.5 Å². The van der Waals surface area contributed by atoms with Gasteiger partial charge in [-0.05, 0) is 32.0 Å². The molecule has 0 spiro atoms. The van der Waals surface area contributed by atoms with Gasteiger partial charge in [0, 0.05) is 16.6 Å². The number of terminal acetylenes is 1. The molecule has 3 N–H and O–H groups in total. The van der Waals surface area contributed by atoms with Crippen LogP contribution in [0.3, 0.4) is 0 Å². The monoisotopic (exact) mass is 280 g/mol. The second-order valence-corrected chi connectivity index (χ2v) is 4.59. The summed E-state index contributed by atoms with van der Waals surface area (Å²) in [5.41, 5.74) is 6.60. The van der Waals surface area contributed by atoms with Crippen LogP contribution in [0.1, 0.15) is 25.5 Å². The van der Waals surface area contributed by atoms with Gasteiger partial charge in [0.1, 0.15) is 5.75 Å². The van der Waals surface area contributed by atoms with Gasteiger partial charge in [-0.25, -0.2) is 0 Å². The Balaban J connectivity index is 2.82. The van der Waals surface area contributed by atoms with Gasteiger partial charge < -0.3 is 15.8 Å². The van der Waals surface area contributed by atoms with Gasteiger partial charge in [0.05, 0.1) is 6.54 Å². The predicted octanol–water partition coefficient (Wildman–Crippen LogP) is 1.88. The van der Waals surface area contributed by atoms with E-state index in [0.29, 0.717) is 10.8 Å². The number of hydrogen-bond acceptors (Lipinski definition) is 3. The molecule has 0 aromatic heterocycles. The number of nitrogens with one attached hydrogen (secondary N) is 1. The van der Waals surface area contributed by atoms with Crippen molar-refractivity contribution in [3.8, 4) is 18.1 Å². The first-order chi connectivity index (χ1) is 8.95. The van der Waals surface area contributed by atoms with Gasteiger partial charge in [-0.15, -0.1) is 6.42 Å². The number of nitrogens with two attached hydrogens (primary N) is 1. The quantitative estimate of drug-likeness (QED) is 0.810. The van der Waals surface area contributed by atoms with E-state index in [-0.39, 0.29) is 18.5 Å². The largest absolute Gasteiger partial charge is 0.481 e. The van der Waals surface area contributed by atoms with Crippen LogP contribution >= 0.6 is 11.6 Å². The highest BCUT2D eigenvalue weighted by atomic mass is 35.5. The third kappa shape index (κ3) is 4.47. The SMILES string of the molecule is C#CCNC(=O)C(C)Oc1ccc(Cl)cc1[C@H](C)N. The topological polar surface area (TPSA) is 64.3 Å². The lowest BCUT2D eigenvalue weighted by Gasteiger charge is -2.18. The number of amides is 1. The molecule has 0 radical (unpaired) electrons. The van der Waals surface area contributed by atoms with Crippen LogP contribution in [0.5, 0.6) is 5.75 Å². The van der Waals surface area contributed by atoms with Crippen molar-refractivity contribution >= 4 is 17.5 Å². The van der Waals surface area contributed by atoms with E-state index >= 15 is 0 Å². The van der Waals surface area contributed by atoms with Crippen LogP contribution in [-0.4, -0.2) is 18.6 Å². The van der Waals surface area contributed by atoms with Gasteiger partial charge in [-0.3, -0.25) is 4.79 Å². The van der Waals surface area contributed by atoms with Gasteiger partial charge in [-0.1, -0.05) is 17.5 Å². The molecule has 5 heteroatoms. The number of benzene rings is 1. The van der Waals surface area contributed by atoms with Gasteiger partial charge >= 0.3 is 0 Å². The van der Waals surface area contributed by atoms with Crippen LogP contribution in [-0.2, 0) is 4.79 Å². The summed E-state index contributed by atoms with van der Waals surface area (Å²) in [5.74, 6) is 2.60. The molecule has 0 bridgehead atoms. The smallest absolute Gasteiger partial charge is 0.261 e. The van der Waals surface area contributed by atoms with Crippen LogP contribution in [0.2, 0.25) is 5.02 Å². The van der Waals surface area contributed by atoms with Gasteiger partial charge in [0.25, 0.3) is 5.91 Å². The van der Waals surface area contributed by atoms with E-state index in [9.17, 15) is 4.79 Å². The highest BCUT2D eigenvalue weighted by Gasteiger charge is 2.17. The van der Waals surface area contributed by atoms with Gasteiger partial charge in [0.15, 0.2) is 6.10 Å². The van der Waals surface area contributed by atoms with E-state index in [1.165, 1.54) is 0 Å². The molecule has 1 unspecified atom stereocenters. The maximum absolute atomic E-state index is 11.7. The summed E-state index contributed by atoms with van der Waals surface area (Å²) in [6.45, 7) is 3.64. The summed E-state index contributed by atoms with van der Waals surface area (Å²) >= 11 is 5.92. The average molecular weight is 281 g/mol. The molecule has 1 amide bonds. The molecule has 4 nitrogen and oxygen atoms in total. The molecule has 0 fully saturated rings. The highest BCUT2D eigenvalue weighted by Crippen LogP contribution is 2.28. The van der Waals surface area contributed by atoms with E-state index < -0.39 is 6.10 Å². The maximum atomic E-state index is 11.7. The van der Waals surface area contributed by atoms with Gasteiger partial charge in [-0.2, -0.15) is 0 Å². The summed E-state index contributed by atoms with van der Waals surface area (Å²) in [5, 5.41) is 3.13. The Labute approximate surface area is 118 Å². The molecule has 1 aromatic carbocycles. The fourth-order valence-corrected chi connectivity index (χ4v) is 1.69. The average Bonchev–Trinajstić information content (AvgIpc) is 2.37. The van der Waals surface area contributed by atoms with Crippen molar-refractivity contribution in [2.45, 2.75) is 26.0 Å². The van der Waals surface area contributed by atoms with E-state index in [2.05, 4.69) is 11.2 Å². The first-order valence-electron chi connectivity index (χ1n) is 5.88.